The topological polar surface area (TPSA) is 9.72 Å². The summed E-state index contributed by atoms with van der Waals surface area (Å²) in [7, 11) is 0. The highest BCUT2D eigenvalue weighted by atomic mass is 15.3. The molecule has 4 heteroatoms. The van der Waals surface area contributed by atoms with Gasteiger partial charge in [-0.2, -0.15) is 0 Å². The molecule has 1 aliphatic carbocycles. The van der Waals surface area contributed by atoms with Gasteiger partial charge in [0.1, 0.15) is 0 Å². The minimum atomic E-state index is -0.137. The molecule has 0 aromatic heterocycles. The average molecular weight is 976 g/mol. The predicted molar refractivity (Wildman–Crippen MR) is 322 cm³/mol. The van der Waals surface area contributed by atoms with Crippen LogP contribution in [0.25, 0.3) is 11.1 Å². The van der Waals surface area contributed by atoms with E-state index in [1.165, 1.54) is 114 Å². The van der Waals surface area contributed by atoms with Crippen LogP contribution in [0.5, 0.6) is 0 Å². The monoisotopic (exact) mass is 976 g/mol. The molecule has 380 valence electrons. The molecule has 74 heavy (non-hydrogen) atoms. The lowest BCUT2D eigenvalue weighted by atomic mass is 9.33. The van der Waals surface area contributed by atoms with Gasteiger partial charge in [-0.05, 0) is 170 Å². The van der Waals surface area contributed by atoms with Crippen molar-refractivity contribution in [3.63, 3.8) is 0 Å². The van der Waals surface area contributed by atoms with Crippen molar-refractivity contribution in [3.8, 4) is 11.1 Å². The van der Waals surface area contributed by atoms with Crippen LogP contribution in [-0.4, -0.2) is 12.3 Å². The lowest BCUT2D eigenvalue weighted by molar-refractivity contribution is 0.0786. The zero-order valence-corrected chi connectivity index (χ0v) is 48.0. The van der Waals surface area contributed by atoms with E-state index in [-0.39, 0.29) is 44.7 Å². The molecule has 0 saturated heterocycles. The minimum absolute atomic E-state index is 0.00734. The highest BCUT2D eigenvalue weighted by molar-refractivity contribution is 7.00. The molecular formula is C70H82BN3. The molecule has 7 aromatic carbocycles. The fourth-order valence-electron chi connectivity index (χ4n) is 13.6. The average Bonchev–Trinajstić information content (AvgIpc) is 3.54. The molecule has 0 amide bonds. The largest absolute Gasteiger partial charge is 0.334 e. The van der Waals surface area contributed by atoms with E-state index in [0.717, 1.165) is 6.42 Å². The van der Waals surface area contributed by atoms with E-state index in [1.807, 2.05) is 0 Å². The maximum Gasteiger partial charge on any atom is 0.252 e. The lowest BCUT2D eigenvalue weighted by Crippen LogP contribution is -2.61. The second-order valence-electron chi connectivity index (χ2n) is 28.5. The van der Waals surface area contributed by atoms with E-state index < -0.39 is 0 Å². The van der Waals surface area contributed by atoms with Crippen LogP contribution in [0.2, 0.25) is 0 Å². The smallest absolute Gasteiger partial charge is 0.252 e. The van der Waals surface area contributed by atoms with E-state index in [4.69, 9.17) is 0 Å². The maximum atomic E-state index is 2.81. The molecule has 0 radical (unpaired) electrons. The summed E-state index contributed by atoms with van der Waals surface area (Å²) in [5, 5.41) is 0. The van der Waals surface area contributed by atoms with Crippen LogP contribution in [0, 0.1) is 11.3 Å². The number of anilines is 8. The first-order valence-electron chi connectivity index (χ1n) is 27.9. The van der Waals surface area contributed by atoms with Gasteiger partial charge >= 0.3 is 0 Å². The van der Waals surface area contributed by atoms with Gasteiger partial charge in [-0.25, -0.2) is 0 Å². The van der Waals surface area contributed by atoms with E-state index in [9.17, 15) is 0 Å². The van der Waals surface area contributed by atoms with Gasteiger partial charge in [0, 0.05) is 50.8 Å². The molecule has 3 aliphatic heterocycles. The summed E-state index contributed by atoms with van der Waals surface area (Å²) in [6.07, 6.45) is 3.53. The molecule has 7 aromatic rings. The van der Waals surface area contributed by atoms with Crippen LogP contribution in [-0.2, 0) is 27.1 Å². The van der Waals surface area contributed by atoms with Crippen molar-refractivity contribution >= 4 is 68.6 Å². The summed E-state index contributed by atoms with van der Waals surface area (Å²) in [6, 6.07) is 57.4. The molecule has 11 rings (SSSR count). The standard InChI is InChI=1S/C70H82BN3/c1-64(2,3)46-27-31-51(32-28-46)72-60-43-52(74-58-36-30-48(66(7,8)9)40-54(58)69(16)44-49(67(10,11)12)37-38-70(69,74)17)33-34-56(60)71-55-25-21-22-26-59(55)73(62-42-50(68(13,14)15)41-61(72)63(62)71)57-35-29-47(65(4,5)6)39-53(57)45-23-19-18-20-24-45/h18-36,39-43,49H,37-38,44H2,1-17H3. The fraction of sp³-hybridized carbons (Fsp3) is 0.400. The molecule has 4 aliphatic rings. The Morgan fingerprint density at radius 3 is 1.61 bits per heavy atom. The molecule has 1 saturated carbocycles. The third-order valence-electron chi connectivity index (χ3n) is 18.5. The zero-order chi connectivity index (χ0) is 52.9. The summed E-state index contributed by atoms with van der Waals surface area (Å²) >= 11 is 0. The van der Waals surface area contributed by atoms with Crippen LogP contribution < -0.4 is 31.1 Å². The third-order valence-corrected chi connectivity index (χ3v) is 18.5. The fourth-order valence-corrected chi connectivity index (χ4v) is 13.6. The van der Waals surface area contributed by atoms with Crippen molar-refractivity contribution < 1.29 is 0 Å². The van der Waals surface area contributed by atoms with Crippen LogP contribution in [0.15, 0.2) is 146 Å². The van der Waals surface area contributed by atoms with Crippen molar-refractivity contribution in [3.05, 3.63) is 173 Å². The molecule has 0 N–H and O–H groups in total. The Kier molecular flexibility index (Phi) is 11.4. The first-order valence-corrected chi connectivity index (χ1v) is 27.9. The second kappa shape index (κ2) is 16.8. The summed E-state index contributed by atoms with van der Waals surface area (Å²) in [4.78, 5) is 8.09. The molecule has 3 nitrogen and oxygen atoms in total. The van der Waals surface area contributed by atoms with Gasteiger partial charge in [-0.15, -0.1) is 0 Å². The summed E-state index contributed by atoms with van der Waals surface area (Å²) in [5.74, 6) is 0.635. The Bertz CT molecular complexity index is 3330. The highest BCUT2D eigenvalue weighted by Crippen LogP contribution is 2.64. The summed E-state index contributed by atoms with van der Waals surface area (Å²) in [6.45, 7) is 40.8. The number of para-hydroxylation sites is 1. The number of rotatable bonds is 4. The van der Waals surface area contributed by atoms with Crippen molar-refractivity contribution in [2.45, 2.75) is 170 Å². The van der Waals surface area contributed by atoms with E-state index in [0.29, 0.717) is 5.92 Å². The van der Waals surface area contributed by atoms with E-state index >= 15 is 0 Å². The van der Waals surface area contributed by atoms with Crippen molar-refractivity contribution in [2.24, 2.45) is 11.3 Å². The number of benzene rings is 7. The molecular weight excluding hydrogens is 894 g/mol. The van der Waals surface area contributed by atoms with Crippen LogP contribution in [0.3, 0.4) is 0 Å². The summed E-state index contributed by atoms with van der Waals surface area (Å²) < 4.78 is 0. The molecule has 0 bridgehead atoms. The predicted octanol–water partition coefficient (Wildman–Crippen LogP) is 17.6. The first kappa shape index (κ1) is 50.2. The molecule has 0 spiro atoms. The first-order chi connectivity index (χ1) is 34.6. The second-order valence-corrected chi connectivity index (χ2v) is 28.5. The van der Waals surface area contributed by atoms with Gasteiger partial charge in [0.05, 0.1) is 11.2 Å². The van der Waals surface area contributed by atoms with E-state index in [1.54, 1.807) is 0 Å². The summed E-state index contributed by atoms with van der Waals surface area (Å²) in [5.41, 5.74) is 23.5. The Balaban J connectivity index is 1.19. The Morgan fingerprint density at radius 2 is 0.986 bits per heavy atom. The Morgan fingerprint density at radius 1 is 0.446 bits per heavy atom. The van der Waals surface area contributed by atoms with Gasteiger partial charge in [0.2, 0.25) is 0 Å². The molecule has 1 fully saturated rings. The maximum absolute atomic E-state index is 2.81. The molecule has 3 heterocycles. The van der Waals surface area contributed by atoms with Gasteiger partial charge in [0.25, 0.3) is 6.71 Å². The Labute approximate surface area is 446 Å². The SMILES string of the molecule is CC(C)(C)c1ccc(N2c3cc(N4c5ccc(C(C)(C)C)cc5C5(C)CC(C(C)(C)C)CCC45C)ccc3B3c4ccccc4N(c4ccc(C(C)(C)C)cc4-c4ccccc4)c4cc(C(C)(C)C)cc2c43)cc1. The lowest BCUT2D eigenvalue weighted by Gasteiger charge is -2.54. The number of hydrogen-bond acceptors (Lipinski definition) is 3. The number of hydrogen-bond donors (Lipinski definition) is 0. The van der Waals surface area contributed by atoms with Gasteiger partial charge < -0.3 is 14.7 Å². The quantitative estimate of drug-likeness (QED) is 0.163. The molecule has 3 atom stereocenters. The normalized spacial score (nSPS) is 20.5. The minimum Gasteiger partial charge on any atom is -0.334 e. The van der Waals surface area contributed by atoms with Gasteiger partial charge in [0.15, 0.2) is 0 Å². The van der Waals surface area contributed by atoms with Gasteiger partial charge in [-0.1, -0.05) is 196 Å². The van der Waals surface area contributed by atoms with E-state index in [2.05, 4.69) is 278 Å². The zero-order valence-electron chi connectivity index (χ0n) is 48.0. The van der Waals surface area contributed by atoms with Crippen molar-refractivity contribution in [2.75, 3.05) is 14.7 Å². The highest BCUT2D eigenvalue weighted by Gasteiger charge is 2.60. The number of nitrogens with zero attached hydrogens (tertiary/aromatic N) is 3. The number of fused-ring (bicyclic) bond motifs is 7. The Hall–Kier alpha value is -6.00. The van der Waals surface area contributed by atoms with Crippen molar-refractivity contribution in [1.82, 2.24) is 0 Å². The third kappa shape index (κ3) is 7.89. The van der Waals surface area contributed by atoms with Crippen LogP contribution >= 0.6 is 0 Å². The molecule has 3 unspecified atom stereocenters. The van der Waals surface area contributed by atoms with Gasteiger partial charge in [-0.3, -0.25) is 0 Å². The van der Waals surface area contributed by atoms with Crippen LogP contribution in [0.1, 0.15) is 165 Å². The van der Waals surface area contributed by atoms with Crippen LogP contribution in [0.4, 0.5) is 45.5 Å². The van der Waals surface area contributed by atoms with Crippen molar-refractivity contribution in [1.29, 1.82) is 0 Å².